The van der Waals surface area contributed by atoms with Crippen molar-refractivity contribution >= 4 is 32.6 Å². The van der Waals surface area contributed by atoms with E-state index in [9.17, 15) is 0 Å². The molecule has 0 atom stereocenters. The van der Waals surface area contributed by atoms with E-state index in [0.717, 1.165) is 11.0 Å². The second kappa shape index (κ2) is 4.04. The van der Waals surface area contributed by atoms with Gasteiger partial charge in [0.2, 0.25) is 0 Å². The zero-order valence-corrected chi connectivity index (χ0v) is 11.6. The molecule has 0 bridgehead atoms. The normalized spacial score (nSPS) is 11.5. The molecule has 96 valence electrons. The smallest absolute Gasteiger partial charge is 0.0741 e. The van der Waals surface area contributed by atoms with Crippen molar-refractivity contribution in [3.05, 3.63) is 65.7 Å². The summed E-state index contributed by atoms with van der Waals surface area (Å²) in [4.78, 5) is 4.89. The van der Waals surface area contributed by atoms with Gasteiger partial charge in [0.25, 0.3) is 0 Å². The van der Waals surface area contributed by atoms with Gasteiger partial charge in [-0.1, -0.05) is 42.5 Å². The van der Waals surface area contributed by atoms with Gasteiger partial charge in [-0.2, -0.15) is 0 Å². The van der Waals surface area contributed by atoms with Crippen LogP contribution in [0.5, 0.6) is 0 Å². The zero-order valence-electron chi connectivity index (χ0n) is 11.6. The van der Waals surface area contributed by atoms with E-state index in [1.165, 1.54) is 32.7 Å². The molecule has 0 aliphatic heterocycles. The number of aromatic nitrogens is 1. The Kier molecular flexibility index (Phi) is 2.31. The van der Waals surface area contributed by atoms with Gasteiger partial charge in [-0.15, -0.1) is 0 Å². The molecule has 4 rings (SSSR count). The fourth-order valence-corrected chi connectivity index (χ4v) is 2.90. The van der Waals surface area contributed by atoms with Gasteiger partial charge in [-0.25, -0.2) is 4.98 Å². The Hall–Kier alpha value is -2.41. The number of nitrogens with zero attached hydrogens (tertiary/aromatic N) is 1. The number of hydrogen-bond acceptors (Lipinski definition) is 1. The second-order valence-electron chi connectivity index (χ2n) is 5.42. The van der Waals surface area contributed by atoms with Crippen molar-refractivity contribution in [2.45, 2.75) is 13.8 Å². The van der Waals surface area contributed by atoms with Crippen molar-refractivity contribution in [1.29, 1.82) is 0 Å². The number of benzene rings is 3. The van der Waals surface area contributed by atoms with Crippen LogP contribution in [0.1, 0.15) is 11.1 Å². The molecular weight excluding hydrogens is 242 g/mol. The Bertz CT molecular complexity index is 967. The lowest BCUT2D eigenvalue weighted by Crippen LogP contribution is -1.89. The molecule has 0 aliphatic rings. The third-order valence-corrected chi connectivity index (χ3v) is 4.21. The molecule has 1 nitrogen and oxygen atoms in total. The summed E-state index contributed by atoms with van der Waals surface area (Å²) in [7, 11) is 0. The van der Waals surface area contributed by atoms with Crippen LogP contribution in [0.4, 0.5) is 0 Å². The monoisotopic (exact) mass is 257 g/mol. The molecule has 0 unspecified atom stereocenters. The Balaban J connectivity index is 2.23. The summed E-state index contributed by atoms with van der Waals surface area (Å²) in [5, 5.41) is 5.00. The average Bonchev–Trinajstić information content (AvgIpc) is 2.50. The number of pyridine rings is 1. The van der Waals surface area contributed by atoms with E-state index in [-0.39, 0.29) is 0 Å². The Morgan fingerprint density at radius 2 is 1.55 bits per heavy atom. The van der Waals surface area contributed by atoms with Gasteiger partial charge in [0.15, 0.2) is 0 Å². The van der Waals surface area contributed by atoms with Crippen molar-refractivity contribution in [3.8, 4) is 0 Å². The van der Waals surface area contributed by atoms with Crippen molar-refractivity contribution < 1.29 is 0 Å². The highest BCUT2D eigenvalue weighted by atomic mass is 14.7. The molecule has 0 N–H and O–H groups in total. The summed E-state index contributed by atoms with van der Waals surface area (Å²) in [6, 6.07) is 19.4. The zero-order chi connectivity index (χ0) is 13.7. The van der Waals surface area contributed by atoms with Crippen LogP contribution in [-0.2, 0) is 0 Å². The standard InChI is InChI=1S/C19H15N/c1-12-7-8-15-11-17-16-6-4-3-5-14(16)9-10-18(17)20-19(15)13(12)2/h3-11H,1-2H3. The number of rotatable bonds is 0. The molecule has 1 heteroatoms. The van der Waals surface area contributed by atoms with E-state index in [4.69, 9.17) is 4.98 Å². The third-order valence-electron chi connectivity index (χ3n) is 4.21. The molecule has 0 saturated carbocycles. The Morgan fingerprint density at radius 1 is 0.750 bits per heavy atom. The van der Waals surface area contributed by atoms with Crippen LogP contribution >= 0.6 is 0 Å². The molecule has 0 fully saturated rings. The molecule has 0 radical (unpaired) electrons. The van der Waals surface area contributed by atoms with Gasteiger partial charge in [0.05, 0.1) is 11.0 Å². The van der Waals surface area contributed by atoms with Crippen LogP contribution in [0, 0.1) is 13.8 Å². The van der Waals surface area contributed by atoms with Crippen LogP contribution < -0.4 is 0 Å². The molecule has 1 aromatic heterocycles. The number of fused-ring (bicyclic) bond motifs is 4. The highest BCUT2D eigenvalue weighted by Crippen LogP contribution is 2.29. The van der Waals surface area contributed by atoms with E-state index in [0.29, 0.717) is 0 Å². The molecule has 0 amide bonds. The predicted molar refractivity (Wildman–Crippen MR) is 86.2 cm³/mol. The number of hydrogen-bond donors (Lipinski definition) is 0. The third kappa shape index (κ3) is 1.53. The first kappa shape index (κ1) is 11.4. The Labute approximate surface area is 117 Å². The minimum atomic E-state index is 1.07. The van der Waals surface area contributed by atoms with Gasteiger partial charge >= 0.3 is 0 Å². The molecule has 20 heavy (non-hydrogen) atoms. The van der Waals surface area contributed by atoms with E-state index in [1.54, 1.807) is 0 Å². The largest absolute Gasteiger partial charge is 0.247 e. The summed E-state index contributed by atoms with van der Waals surface area (Å²) < 4.78 is 0. The summed E-state index contributed by atoms with van der Waals surface area (Å²) >= 11 is 0. The van der Waals surface area contributed by atoms with Crippen molar-refractivity contribution in [3.63, 3.8) is 0 Å². The minimum absolute atomic E-state index is 1.07. The topological polar surface area (TPSA) is 12.9 Å². The van der Waals surface area contributed by atoms with Gasteiger partial charge < -0.3 is 0 Å². The van der Waals surface area contributed by atoms with Crippen molar-refractivity contribution in [2.24, 2.45) is 0 Å². The second-order valence-corrected chi connectivity index (χ2v) is 5.42. The lowest BCUT2D eigenvalue weighted by Gasteiger charge is -2.08. The maximum Gasteiger partial charge on any atom is 0.0741 e. The molecule has 3 aromatic carbocycles. The average molecular weight is 257 g/mol. The predicted octanol–water partition coefficient (Wildman–Crippen LogP) is 5.16. The first-order valence-corrected chi connectivity index (χ1v) is 6.92. The summed E-state index contributed by atoms with van der Waals surface area (Å²) in [6.07, 6.45) is 0. The lowest BCUT2D eigenvalue weighted by atomic mass is 10.0. The molecule has 0 saturated heterocycles. The van der Waals surface area contributed by atoms with Gasteiger partial charge in [-0.3, -0.25) is 0 Å². The van der Waals surface area contributed by atoms with Crippen LogP contribution in [-0.4, -0.2) is 4.98 Å². The van der Waals surface area contributed by atoms with E-state index in [1.807, 2.05) is 0 Å². The highest BCUT2D eigenvalue weighted by Gasteiger charge is 2.06. The fraction of sp³-hybridized carbons (Fsp3) is 0.105. The molecule has 0 spiro atoms. The van der Waals surface area contributed by atoms with Crippen molar-refractivity contribution in [2.75, 3.05) is 0 Å². The number of aryl methyl sites for hydroxylation is 2. The van der Waals surface area contributed by atoms with E-state index in [2.05, 4.69) is 68.4 Å². The minimum Gasteiger partial charge on any atom is -0.247 e. The van der Waals surface area contributed by atoms with E-state index >= 15 is 0 Å². The first-order valence-electron chi connectivity index (χ1n) is 6.92. The van der Waals surface area contributed by atoms with Gasteiger partial charge in [0, 0.05) is 10.8 Å². The first-order chi connectivity index (χ1) is 9.74. The van der Waals surface area contributed by atoms with Crippen LogP contribution in [0.3, 0.4) is 0 Å². The summed E-state index contributed by atoms with van der Waals surface area (Å²) in [5.74, 6) is 0. The van der Waals surface area contributed by atoms with Crippen molar-refractivity contribution in [1.82, 2.24) is 4.98 Å². The van der Waals surface area contributed by atoms with Gasteiger partial charge in [0.1, 0.15) is 0 Å². The summed E-state index contributed by atoms with van der Waals surface area (Å²) in [5.41, 5.74) is 4.76. The highest BCUT2D eigenvalue weighted by molar-refractivity contribution is 6.09. The maximum atomic E-state index is 4.89. The Morgan fingerprint density at radius 3 is 2.45 bits per heavy atom. The lowest BCUT2D eigenvalue weighted by molar-refractivity contribution is 1.34. The molecule has 1 heterocycles. The SMILES string of the molecule is Cc1ccc2cc3c(ccc4ccccc43)nc2c1C. The quantitative estimate of drug-likeness (QED) is 0.313. The molecule has 4 aromatic rings. The van der Waals surface area contributed by atoms with Gasteiger partial charge in [-0.05, 0) is 47.9 Å². The van der Waals surface area contributed by atoms with Crippen LogP contribution in [0.2, 0.25) is 0 Å². The summed E-state index contributed by atoms with van der Waals surface area (Å²) in [6.45, 7) is 4.29. The molecular formula is C19H15N. The van der Waals surface area contributed by atoms with E-state index < -0.39 is 0 Å². The van der Waals surface area contributed by atoms with Crippen LogP contribution in [0.25, 0.3) is 32.6 Å². The maximum absolute atomic E-state index is 4.89. The molecule has 0 aliphatic carbocycles. The van der Waals surface area contributed by atoms with Crippen LogP contribution in [0.15, 0.2) is 54.6 Å². The fourth-order valence-electron chi connectivity index (χ4n) is 2.90.